The second-order valence-electron chi connectivity index (χ2n) is 7.63. The van der Waals surface area contributed by atoms with E-state index in [1.165, 1.54) is 10.6 Å². The Hall–Kier alpha value is -1.61. The van der Waals surface area contributed by atoms with Gasteiger partial charge in [0, 0.05) is 45.1 Å². The van der Waals surface area contributed by atoms with Crippen molar-refractivity contribution in [2.24, 2.45) is 5.41 Å². The Bertz CT molecular complexity index is 666. The fraction of sp³-hybridized carbons (Fsp3) is 0.750. The smallest absolute Gasteiger partial charge is 0.317 e. The van der Waals surface area contributed by atoms with Gasteiger partial charge in [-0.25, -0.2) is 22.5 Å². The molecule has 0 spiro atoms. The Labute approximate surface area is 150 Å². The number of nitrogens with one attached hydrogen (secondary N) is 1. The van der Waals surface area contributed by atoms with Gasteiger partial charge in [-0.15, -0.1) is 0 Å². The van der Waals surface area contributed by atoms with Crippen molar-refractivity contribution in [2.45, 2.75) is 39.8 Å². The van der Waals surface area contributed by atoms with Crippen LogP contribution in [0, 0.1) is 5.41 Å². The van der Waals surface area contributed by atoms with Gasteiger partial charge in [-0.05, 0) is 11.8 Å². The van der Waals surface area contributed by atoms with Crippen LogP contribution in [0.2, 0.25) is 0 Å². The highest BCUT2D eigenvalue weighted by Crippen LogP contribution is 2.21. The molecule has 1 fully saturated rings. The number of nitrogens with zero attached hydrogens (tertiary/aromatic N) is 4. The van der Waals surface area contributed by atoms with Crippen LogP contribution in [-0.4, -0.2) is 71.7 Å². The van der Waals surface area contributed by atoms with E-state index in [-0.39, 0.29) is 17.5 Å². The maximum atomic E-state index is 12.7. The first-order chi connectivity index (χ1) is 11.6. The standard InChI is InChI=1S/C16H29N5O3S/c1-16(2,3)14(12-19-9-6-17-13-19)18-15(22)20-7-5-8-21(11-10-20)25(4,23)24/h6,9,13-14H,5,7-8,10-12H2,1-4H3,(H,18,22)/t14-/m1/s1. The molecule has 8 nitrogen and oxygen atoms in total. The van der Waals surface area contributed by atoms with Crippen LogP contribution in [-0.2, 0) is 16.6 Å². The normalized spacial score (nSPS) is 18.6. The maximum Gasteiger partial charge on any atom is 0.317 e. The summed E-state index contributed by atoms with van der Waals surface area (Å²) >= 11 is 0. The molecule has 0 unspecified atom stereocenters. The molecular formula is C16H29N5O3S. The third-order valence-electron chi connectivity index (χ3n) is 4.51. The molecule has 0 saturated carbocycles. The van der Waals surface area contributed by atoms with Gasteiger partial charge < -0.3 is 14.8 Å². The lowest BCUT2D eigenvalue weighted by atomic mass is 9.86. The number of hydrogen-bond donors (Lipinski definition) is 1. The molecule has 2 amide bonds. The summed E-state index contributed by atoms with van der Waals surface area (Å²) in [6, 6.07) is -0.209. The minimum absolute atomic E-state index is 0.0662. The fourth-order valence-corrected chi connectivity index (χ4v) is 3.68. The van der Waals surface area contributed by atoms with E-state index in [0.29, 0.717) is 39.1 Å². The minimum Gasteiger partial charge on any atom is -0.335 e. The van der Waals surface area contributed by atoms with Gasteiger partial charge in [-0.2, -0.15) is 0 Å². The molecule has 1 aliphatic rings. The van der Waals surface area contributed by atoms with Crippen LogP contribution in [0.1, 0.15) is 27.2 Å². The molecule has 0 radical (unpaired) electrons. The number of rotatable bonds is 4. The summed E-state index contributed by atoms with van der Waals surface area (Å²) in [5, 5.41) is 3.12. The van der Waals surface area contributed by atoms with Gasteiger partial charge in [0.1, 0.15) is 0 Å². The molecule has 1 N–H and O–H groups in total. The molecule has 1 saturated heterocycles. The van der Waals surface area contributed by atoms with Crippen LogP contribution in [0.3, 0.4) is 0 Å². The lowest BCUT2D eigenvalue weighted by molar-refractivity contribution is 0.176. The number of hydrogen-bond acceptors (Lipinski definition) is 4. The monoisotopic (exact) mass is 371 g/mol. The van der Waals surface area contributed by atoms with E-state index < -0.39 is 10.0 Å². The van der Waals surface area contributed by atoms with Crippen LogP contribution < -0.4 is 5.32 Å². The SMILES string of the molecule is CC(C)(C)[C@@H](Cn1ccnc1)NC(=O)N1CCCN(S(C)(=O)=O)CC1. The molecule has 1 aromatic rings. The van der Waals surface area contributed by atoms with Crippen molar-refractivity contribution in [2.75, 3.05) is 32.4 Å². The summed E-state index contributed by atoms with van der Waals surface area (Å²) in [6.45, 7) is 8.65. The average molecular weight is 372 g/mol. The topological polar surface area (TPSA) is 87.5 Å². The minimum atomic E-state index is -3.21. The van der Waals surface area contributed by atoms with Gasteiger partial charge in [0.2, 0.25) is 10.0 Å². The van der Waals surface area contributed by atoms with Crippen molar-refractivity contribution in [1.82, 2.24) is 24.1 Å². The van der Waals surface area contributed by atoms with Crippen LogP contribution >= 0.6 is 0 Å². The predicted molar refractivity (Wildman–Crippen MR) is 96.6 cm³/mol. The summed E-state index contributed by atoms with van der Waals surface area (Å²) in [7, 11) is -3.21. The molecule has 142 valence electrons. The highest BCUT2D eigenvalue weighted by molar-refractivity contribution is 7.88. The van der Waals surface area contributed by atoms with E-state index in [1.54, 1.807) is 17.4 Å². The van der Waals surface area contributed by atoms with Crippen molar-refractivity contribution in [3.05, 3.63) is 18.7 Å². The quantitative estimate of drug-likeness (QED) is 0.854. The number of carbonyl (C=O) groups is 1. The summed E-state index contributed by atoms with van der Waals surface area (Å²) in [5.74, 6) is 0. The first kappa shape index (κ1) is 19.7. The molecule has 2 rings (SSSR count). The molecule has 1 aliphatic heterocycles. The molecular weight excluding hydrogens is 342 g/mol. The summed E-state index contributed by atoms with van der Waals surface area (Å²) in [4.78, 5) is 18.5. The number of carbonyl (C=O) groups excluding carboxylic acids is 1. The van der Waals surface area contributed by atoms with Crippen molar-refractivity contribution in [3.63, 3.8) is 0 Å². The van der Waals surface area contributed by atoms with Crippen molar-refractivity contribution < 1.29 is 13.2 Å². The predicted octanol–water partition coefficient (Wildman–Crippen LogP) is 0.975. The number of sulfonamides is 1. The van der Waals surface area contributed by atoms with E-state index in [1.807, 2.05) is 10.8 Å². The Kier molecular flexibility index (Phi) is 6.10. The van der Waals surface area contributed by atoms with Crippen molar-refractivity contribution >= 4 is 16.1 Å². The maximum absolute atomic E-state index is 12.7. The Morgan fingerprint density at radius 1 is 1.24 bits per heavy atom. The summed E-state index contributed by atoms with van der Waals surface area (Å²) < 4.78 is 26.8. The van der Waals surface area contributed by atoms with Gasteiger partial charge >= 0.3 is 6.03 Å². The molecule has 1 atom stereocenters. The number of imidazole rings is 1. The molecule has 25 heavy (non-hydrogen) atoms. The van der Waals surface area contributed by atoms with Crippen LogP contribution in [0.15, 0.2) is 18.7 Å². The Balaban J connectivity index is 2.00. The molecule has 0 bridgehead atoms. The van der Waals surface area contributed by atoms with Crippen LogP contribution in [0.25, 0.3) is 0 Å². The van der Waals surface area contributed by atoms with Gasteiger partial charge in [0.15, 0.2) is 0 Å². The van der Waals surface area contributed by atoms with E-state index in [0.717, 1.165) is 0 Å². The Morgan fingerprint density at radius 3 is 2.52 bits per heavy atom. The molecule has 0 aromatic carbocycles. The first-order valence-electron chi connectivity index (χ1n) is 8.53. The van der Waals surface area contributed by atoms with Gasteiger partial charge in [-0.3, -0.25) is 0 Å². The van der Waals surface area contributed by atoms with Gasteiger partial charge in [-0.1, -0.05) is 20.8 Å². The largest absolute Gasteiger partial charge is 0.335 e. The van der Waals surface area contributed by atoms with Crippen LogP contribution in [0.4, 0.5) is 4.79 Å². The van der Waals surface area contributed by atoms with E-state index >= 15 is 0 Å². The van der Waals surface area contributed by atoms with Gasteiger partial charge in [0.05, 0.1) is 18.6 Å². The molecule has 0 aliphatic carbocycles. The molecule has 9 heteroatoms. The second-order valence-corrected chi connectivity index (χ2v) is 9.61. The lowest BCUT2D eigenvalue weighted by Crippen LogP contribution is -2.52. The van der Waals surface area contributed by atoms with E-state index in [4.69, 9.17) is 0 Å². The highest BCUT2D eigenvalue weighted by atomic mass is 32.2. The van der Waals surface area contributed by atoms with E-state index in [9.17, 15) is 13.2 Å². The molecule has 2 heterocycles. The number of amides is 2. The Morgan fingerprint density at radius 2 is 1.96 bits per heavy atom. The zero-order chi connectivity index (χ0) is 18.7. The number of urea groups is 1. The zero-order valence-electron chi connectivity index (χ0n) is 15.5. The summed E-state index contributed by atoms with van der Waals surface area (Å²) in [6.07, 6.45) is 7.18. The fourth-order valence-electron chi connectivity index (χ4n) is 2.81. The molecule has 1 aromatic heterocycles. The van der Waals surface area contributed by atoms with E-state index in [2.05, 4.69) is 31.1 Å². The third kappa shape index (κ3) is 5.71. The second kappa shape index (κ2) is 7.74. The van der Waals surface area contributed by atoms with Crippen LogP contribution in [0.5, 0.6) is 0 Å². The van der Waals surface area contributed by atoms with Gasteiger partial charge in [0.25, 0.3) is 0 Å². The zero-order valence-corrected chi connectivity index (χ0v) is 16.3. The summed E-state index contributed by atoms with van der Waals surface area (Å²) in [5.41, 5.74) is -0.120. The first-order valence-corrected chi connectivity index (χ1v) is 10.4. The highest BCUT2D eigenvalue weighted by Gasteiger charge is 2.30. The van der Waals surface area contributed by atoms with Crippen molar-refractivity contribution in [3.8, 4) is 0 Å². The third-order valence-corrected chi connectivity index (χ3v) is 5.81. The lowest BCUT2D eigenvalue weighted by Gasteiger charge is -2.34. The number of aromatic nitrogens is 2. The average Bonchev–Trinajstić information content (AvgIpc) is 2.85. The van der Waals surface area contributed by atoms with Crippen molar-refractivity contribution in [1.29, 1.82) is 0 Å².